The van der Waals surface area contributed by atoms with Crippen molar-refractivity contribution >= 4 is 47.4 Å². The molecule has 0 fully saturated rings. The number of carboxylic acid groups (broad SMARTS) is 2. The first-order chi connectivity index (χ1) is 26.9. The molecule has 0 aliphatic rings. The van der Waals surface area contributed by atoms with Crippen LogP contribution < -0.4 is 37.6 Å². The van der Waals surface area contributed by atoms with Gasteiger partial charge in [-0.2, -0.15) is 0 Å². The molecule has 1 aromatic rings. The van der Waals surface area contributed by atoms with Gasteiger partial charge in [0.05, 0.1) is 0 Å². The molecule has 0 radical (unpaired) electrons. The third kappa shape index (κ3) is 18.8. The van der Waals surface area contributed by atoms with Crippen LogP contribution in [0, 0.1) is 23.7 Å². The fourth-order valence-electron chi connectivity index (χ4n) is 5.97. The number of rotatable bonds is 25. The van der Waals surface area contributed by atoms with Crippen molar-refractivity contribution in [3.05, 3.63) is 29.8 Å². The topological polar surface area (TPSA) is 297 Å². The van der Waals surface area contributed by atoms with E-state index in [1.807, 2.05) is 13.8 Å². The maximum atomic E-state index is 13.8. The molecule has 1 rings (SSSR count). The lowest BCUT2D eigenvalue weighted by atomic mass is 9.99. The van der Waals surface area contributed by atoms with E-state index in [4.69, 9.17) is 0 Å². The molecule has 0 spiro atoms. The predicted octanol–water partition coefficient (Wildman–Crippen LogP) is 0.218. The minimum Gasteiger partial charge on any atom is -0.508 e. The Hall–Kier alpha value is -5.26. The van der Waals surface area contributed by atoms with Crippen LogP contribution in [0.1, 0.15) is 100.0 Å². The summed E-state index contributed by atoms with van der Waals surface area (Å²) in [6.45, 7) is 15.8. The summed E-state index contributed by atoms with van der Waals surface area (Å²) in [4.78, 5) is 104. The van der Waals surface area contributed by atoms with Crippen molar-refractivity contribution in [3.63, 3.8) is 0 Å². The summed E-state index contributed by atoms with van der Waals surface area (Å²) in [5, 5.41) is 44.2. The second-order valence-electron chi connectivity index (χ2n) is 16.4. The van der Waals surface area contributed by atoms with Gasteiger partial charge in [-0.25, -0.2) is 4.79 Å². The van der Waals surface area contributed by atoms with E-state index < -0.39 is 102 Å². The summed E-state index contributed by atoms with van der Waals surface area (Å²) < 4.78 is 0. The van der Waals surface area contributed by atoms with Crippen molar-refractivity contribution in [3.8, 4) is 5.75 Å². The second kappa shape index (κ2) is 24.5. The van der Waals surface area contributed by atoms with Crippen LogP contribution in [0.5, 0.6) is 5.75 Å². The Bertz CT molecular complexity index is 1570. The van der Waals surface area contributed by atoms with Crippen LogP contribution >= 0.6 is 0 Å². The number of hydrogen-bond donors (Lipinski definition) is 10. The van der Waals surface area contributed by atoms with E-state index in [1.54, 1.807) is 53.7 Å². The number of carbonyl (C=O) groups excluding carboxylic acids is 6. The summed E-state index contributed by atoms with van der Waals surface area (Å²) in [7, 11) is 0. The van der Waals surface area contributed by atoms with Gasteiger partial charge in [0.25, 0.3) is 5.91 Å². The largest absolute Gasteiger partial charge is 0.508 e. The van der Waals surface area contributed by atoms with Crippen LogP contribution in [-0.4, -0.2) is 105 Å². The van der Waals surface area contributed by atoms with Crippen LogP contribution in [0.15, 0.2) is 24.3 Å². The molecule has 0 saturated carbocycles. The Kier molecular flexibility index (Phi) is 21.4. The average Bonchev–Trinajstić information content (AvgIpc) is 3.10. The smallest absolute Gasteiger partial charge is 0.326 e. The maximum Gasteiger partial charge on any atom is 0.326 e. The van der Waals surface area contributed by atoms with Gasteiger partial charge >= 0.3 is 11.9 Å². The van der Waals surface area contributed by atoms with Crippen LogP contribution in [0.3, 0.4) is 0 Å². The standard InChI is InChI=1S/C40H65N7O11/c1-20(2)16-27(41)35(52)47-33(23(7)8)39(56)43-28(14-15-32(49)50)36(53)42-24(9)34(51)44-29(17-21(3)4)37(54)45-30(19-25-10-12-26(48)13-11-25)38(55)46-31(40(57)58)18-22(5)6/h10-13,20-24,27-31,33,48H,14-19,41H2,1-9H3,(H,42,53)(H,43,56)(H,44,51)(H,45,54)(H,46,55)(H,47,52)(H,49,50)(H,57,58)/p+1/t24-,27-,28-,29-,30-,31-,33-/m0/s1. The molecule has 0 bridgehead atoms. The number of benzene rings is 1. The van der Waals surface area contributed by atoms with Crippen molar-refractivity contribution in [2.24, 2.45) is 23.7 Å². The van der Waals surface area contributed by atoms with E-state index in [2.05, 4.69) is 37.6 Å². The highest BCUT2D eigenvalue weighted by molar-refractivity contribution is 5.97. The molecular formula is C40H66N7O11+. The van der Waals surface area contributed by atoms with E-state index >= 15 is 0 Å². The lowest BCUT2D eigenvalue weighted by molar-refractivity contribution is -0.406. The third-order valence-electron chi connectivity index (χ3n) is 9.08. The highest BCUT2D eigenvalue weighted by Gasteiger charge is 2.34. The van der Waals surface area contributed by atoms with E-state index in [9.17, 15) is 53.7 Å². The highest BCUT2D eigenvalue weighted by atomic mass is 16.4. The number of carbonyl (C=O) groups is 8. The minimum atomic E-state index is -1.41. The van der Waals surface area contributed by atoms with E-state index in [1.165, 1.54) is 19.1 Å². The Balaban J connectivity index is 3.25. The van der Waals surface area contributed by atoms with Gasteiger partial charge in [0.2, 0.25) is 29.5 Å². The molecule has 6 amide bonds. The quantitative estimate of drug-likeness (QED) is 0.0637. The number of nitrogens with one attached hydrogen (secondary N) is 6. The van der Waals surface area contributed by atoms with Crippen molar-refractivity contribution in [1.29, 1.82) is 0 Å². The molecule has 18 nitrogen and oxygen atoms in total. The molecule has 0 unspecified atom stereocenters. The first-order valence-corrected chi connectivity index (χ1v) is 19.8. The predicted molar refractivity (Wildman–Crippen MR) is 213 cm³/mol. The fraction of sp³-hybridized carbons (Fsp3) is 0.650. The zero-order chi connectivity index (χ0) is 44.4. The van der Waals surface area contributed by atoms with Gasteiger partial charge < -0.3 is 53.0 Å². The number of hydrogen-bond acceptors (Lipinski definition) is 9. The molecule has 58 heavy (non-hydrogen) atoms. The van der Waals surface area contributed by atoms with Gasteiger partial charge in [-0.3, -0.25) is 33.6 Å². The number of aromatic hydroxyl groups is 1. The Morgan fingerprint density at radius 3 is 1.52 bits per heavy atom. The van der Waals surface area contributed by atoms with Crippen LogP contribution in [-0.2, 0) is 44.8 Å². The minimum absolute atomic E-state index is 0.0265. The third-order valence-corrected chi connectivity index (χ3v) is 9.08. The van der Waals surface area contributed by atoms with Crippen LogP contribution in [0.2, 0.25) is 0 Å². The molecule has 0 aromatic heterocycles. The normalized spacial score (nSPS) is 15.0. The van der Waals surface area contributed by atoms with Gasteiger partial charge in [0.1, 0.15) is 42.0 Å². The van der Waals surface area contributed by atoms with Gasteiger partial charge in [-0.1, -0.05) is 67.5 Å². The number of phenols is 1. The molecule has 12 N–H and O–H groups in total. The molecule has 18 heteroatoms. The van der Waals surface area contributed by atoms with Crippen molar-refractivity contribution in [2.45, 2.75) is 143 Å². The molecule has 0 heterocycles. The highest BCUT2D eigenvalue weighted by Crippen LogP contribution is 2.14. The number of phenolic OH excluding ortho intramolecular Hbond substituents is 1. The monoisotopic (exact) mass is 820 g/mol. The second-order valence-corrected chi connectivity index (χ2v) is 16.4. The molecule has 1 aromatic carbocycles. The lowest BCUT2D eigenvalue weighted by Crippen LogP contribution is -2.69. The lowest BCUT2D eigenvalue weighted by Gasteiger charge is -2.28. The number of aliphatic carboxylic acids is 2. The summed E-state index contributed by atoms with van der Waals surface area (Å²) >= 11 is 0. The van der Waals surface area contributed by atoms with Crippen molar-refractivity contribution in [1.82, 2.24) is 31.9 Å². The summed E-state index contributed by atoms with van der Waals surface area (Å²) in [5.41, 5.74) is 4.41. The van der Waals surface area contributed by atoms with Crippen molar-refractivity contribution < 1.29 is 59.4 Å². The van der Waals surface area contributed by atoms with Gasteiger partial charge in [-0.15, -0.1) is 0 Å². The zero-order valence-corrected chi connectivity index (χ0v) is 35.2. The van der Waals surface area contributed by atoms with E-state index in [0.717, 1.165) is 0 Å². The Labute approximate surface area is 340 Å². The SMILES string of the molecule is CC(C)C[C@H](NC(=O)[C@H](Cc1ccc(O)cc1)NC(=O)[C@H](CC(C)C)NC(=O)[C@H](C)NC(=O)[C@H](CCC(=O)O)NC(=O)[C@@H](NC(=O)[C@@H]([NH3+])CC(C)C)C(C)C)C(=O)O. The van der Waals surface area contributed by atoms with Gasteiger partial charge in [0, 0.05) is 19.3 Å². The molecular weight excluding hydrogens is 754 g/mol. The molecule has 0 aliphatic heterocycles. The number of amides is 6. The first kappa shape index (κ1) is 50.8. The van der Waals surface area contributed by atoms with Gasteiger partial charge in [0.15, 0.2) is 6.04 Å². The van der Waals surface area contributed by atoms with E-state index in [0.29, 0.717) is 12.0 Å². The summed E-state index contributed by atoms with van der Waals surface area (Å²) in [5.74, 6) is -7.41. The summed E-state index contributed by atoms with van der Waals surface area (Å²) in [6, 6.07) is -2.31. The number of quaternary nitrogens is 1. The van der Waals surface area contributed by atoms with Crippen LogP contribution in [0.4, 0.5) is 0 Å². The summed E-state index contributed by atoms with van der Waals surface area (Å²) in [6.07, 6.45) is -0.229. The fourth-order valence-corrected chi connectivity index (χ4v) is 5.97. The molecule has 326 valence electrons. The van der Waals surface area contributed by atoms with Crippen LogP contribution in [0.25, 0.3) is 0 Å². The Morgan fingerprint density at radius 1 is 0.552 bits per heavy atom. The average molecular weight is 821 g/mol. The molecule has 0 aliphatic carbocycles. The Morgan fingerprint density at radius 2 is 1.02 bits per heavy atom. The first-order valence-electron chi connectivity index (χ1n) is 19.8. The van der Waals surface area contributed by atoms with Crippen molar-refractivity contribution in [2.75, 3.05) is 0 Å². The number of carboxylic acids is 2. The molecule has 7 atom stereocenters. The molecule has 0 saturated heterocycles. The zero-order valence-electron chi connectivity index (χ0n) is 35.2. The van der Waals surface area contributed by atoms with E-state index in [-0.39, 0.29) is 49.2 Å². The van der Waals surface area contributed by atoms with Gasteiger partial charge in [-0.05, 0) is 67.6 Å². The maximum absolute atomic E-state index is 13.8.